The molecule has 2 aromatic heterocycles. The number of piperidine rings is 1. The number of hydrogen-bond donors (Lipinski definition) is 2. The van der Waals surface area contributed by atoms with Gasteiger partial charge in [-0.25, -0.2) is 4.98 Å². The highest BCUT2D eigenvalue weighted by atomic mass is 32.1. The van der Waals surface area contributed by atoms with Crippen LogP contribution in [0.3, 0.4) is 0 Å². The molecule has 3 heterocycles. The smallest absolute Gasteiger partial charge is 0.290 e. The molecule has 7 heteroatoms. The maximum atomic E-state index is 12.4. The molecule has 2 N–H and O–H groups in total. The second kappa shape index (κ2) is 6.95. The van der Waals surface area contributed by atoms with Crippen LogP contribution in [0.25, 0.3) is 0 Å². The second-order valence-corrected chi connectivity index (χ2v) is 6.75. The highest BCUT2D eigenvalue weighted by molar-refractivity contribution is 7.10. The predicted octanol–water partition coefficient (Wildman–Crippen LogP) is 1.72. The van der Waals surface area contributed by atoms with Crippen LogP contribution in [0.1, 0.15) is 30.6 Å². The molecule has 1 aliphatic heterocycles. The molecule has 0 aromatic carbocycles. The van der Waals surface area contributed by atoms with Gasteiger partial charge >= 0.3 is 0 Å². The van der Waals surface area contributed by atoms with Crippen LogP contribution in [0, 0.1) is 0 Å². The first-order valence-electron chi connectivity index (χ1n) is 7.77. The van der Waals surface area contributed by atoms with E-state index in [-0.39, 0.29) is 23.4 Å². The summed E-state index contributed by atoms with van der Waals surface area (Å²) in [6.07, 6.45) is 4.95. The number of aromatic nitrogens is 2. The van der Waals surface area contributed by atoms with E-state index in [1.165, 1.54) is 6.20 Å². The molecule has 3 rings (SSSR count). The number of carbonyl (C=O) groups is 1. The monoisotopic (exact) mass is 332 g/mol. The van der Waals surface area contributed by atoms with Crippen molar-refractivity contribution in [1.29, 1.82) is 0 Å². The Morgan fingerprint density at radius 1 is 1.57 bits per heavy atom. The van der Waals surface area contributed by atoms with Gasteiger partial charge < -0.3 is 15.2 Å². The van der Waals surface area contributed by atoms with Crippen molar-refractivity contribution in [3.8, 4) is 0 Å². The first-order valence-corrected chi connectivity index (χ1v) is 8.65. The molecule has 0 saturated carbocycles. The van der Waals surface area contributed by atoms with E-state index in [0.29, 0.717) is 12.4 Å². The van der Waals surface area contributed by atoms with Crippen molar-refractivity contribution in [2.45, 2.75) is 31.7 Å². The van der Waals surface area contributed by atoms with Crippen LogP contribution in [-0.4, -0.2) is 35.0 Å². The molecule has 0 spiro atoms. The number of amides is 1. The molecule has 6 nitrogen and oxygen atoms in total. The Morgan fingerprint density at radius 3 is 3.17 bits per heavy atom. The summed E-state index contributed by atoms with van der Waals surface area (Å²) in [6, 6.07) is 3.98. The summed E-state index contributed by atoms with van der Waals surface area (Å²) in [6.45, 7) is 3.32. The number of H-pyrrole nitrogens is 1. The van der Waals surface area contributed by atoms with Gasteiger partial charge in [0.15, 0.2) is 5.82 Å². The van der Waals surface area contributed by atoms with Crippen molar-refractivity contribution < 1.29 is 4.79 Å². The summed E-state index contributed by atoms with van der Waals surface area (Å²) >= 11 is 1.59. The fourth-order valence-corrected chi connectivity index (χ4v) is 3.63. The van der Waals surface area contributed by atoms with E-state index < -0.39 is 0 Å². The number of nitrogens with one attached hydrogen (secondary N) is 2. The zero-order valence-corrected chi connectivity index (χ0v) is 13.8. The van der Waals surface area contributed by atoms with Gasteiger partial charge in [0.05, 0.1) is 5.92 Å². The summed E-state index contributed by atoms with van der Waals surface area (Å²) < 4.78 is 0. The molecule has 1 saturated heterocycles. The molecule has 1 fully saturated rings. The lowest BCUT2D eigenvalue weighted by Crippen LogP contribution is -2.50. The van der Waals surface area contributed by atoms with Crippen LogP contribution in [0.15, 0.2) is 34.7 Å². The van der Waals surface area contributed by atoms with E-state index in [0.717, 1.165) is 24.3 Å². The van der Waals surface area contributed by atoms with Gasteiger partial charge in [0.25, 0.3) is 5.56 Å². The largest absolute Gasteiger partial charge is 0.351 e. The van der Waals surface area contributed by atoms with E-state index in [1.54, 1.807) is 17.5 Å². The number of nitrogens with zero attached hydrogens (tertiary/aromatic N) is 2. The average Bonchev–Trinajstić information content (AvgIpc) is 3.09. The van der Waals surface area contributed by atoms with Crippen LogP contribution in [0.5, 0.6) is 0 Å². The zero-order chi connectivity index (χ0) is 16.2. The van der Waals surface area contributed by atoms with Gasteiger partial charge in [-0.2, -0.15) is 0 Å². The Bertz CT molecular complexity index is 713. The molecule has 0 radical (unpaired) electrons. The molecule has 0 aliphatic carbocycles. The number of hydrogen-bond acceptors (Lipinski definition) is 5. The normalized spacial score (nSPS) is 19.3. The molecule has 23 heavy (non-hydrogen) atoms. The summed E-state index contributed by atoms with van der Waals surface area (Å²) in [5.41, 5.74) is -0.188. The van der Waals surface area contributed by atoms with E-state index in [2.05, 4.69) is 15.3 Å². The Labute approximate surface area is 138 Å². The first kappa shape index (κ1) is 15.7. The Kier molecular flexibility index (Phi) is 4.76. The number of thiophene rings is 1. The van der Waals surface area contributed by atoms with E-state index in [1.807, 2.05) is 29.3 Å². The van der Waals surface area contributed by atoms with Crippen LogP contribution < -0.4 is 15.8 Å². The minimum atomic E-state index is -0.188. The summed E-state index contributed by atoms with van der Waals surface area (Å²) in [7, 11) is 0. The third kappa shape index (κ3) is 3.61. The van der Waals surface area contributed by atoms with Crippen molar-refractivity contribution in [2.75, 3.05) is 18.0 Å². The quantitative estimate of drug-likeness (QED) is 0.894. The van der Waals surface area contributed by atoms with E-state index in [9.17, 15) is 9.59 Å². The van der Waals surface area contributed by atoms with Gasteiger partial charge in [0, 0.05) is 36.4 Å². The fraction of sp³-hybridized carbons (Fsp3) is 0.438. The minimum absolute atomic E-state index is 0.0363. The third-order valence-corrected chi connectivity index (χ3v) is 5.17. The molecule has 2 aromatic rings. The topological polar surface area (TPSA) is 78.1 Å². The zero-order valence-electron chi connectivity index (χ0n) is 13.0. The maximum Gasteiger partial charge on any atom is 0.290 e. The molecule has 2 atom stereocenters. The van der Waals surface area contributed by atoms with Gasteiger partial charge in [0.1, 0.15) is 0 Å². The standard InChI is InChI=1S/C16H20N4O2S/c1-11(13-5-3-9-23-13)15(21)19-12-4-2-8-20(10-12)14-16(22)18-7-6-17-14/h3,5-7,9,11-12H,2,4,8,10H2,1H3,(H,18,22)(H,19,21)/t11-,12+/m0/s1. The number of rotatable bonds is 4. The molecular weight excluding hydrogens is 312 g/mol. The fourth-order valence-electron chi connectivity index (χ4n) is 2.85. The van der Waals surface area contributed by atoms with Crippen LogP contribution >= 0.6 is 11.3 Å². The Morgan fingerprint density at radius 2 is 2.43 bits per heavy atom. The highest BCUT2D eigenvalue weighted by Gasteiger charge is 2.26. The summed E-state index contributed by atoms with van der Waals surface area (Å²) in [5, 5.41) is 5.09. The first-order chi connectivity index (χ1) is 11.1. The summed E-state index contributed by atoms with van der Waals surface area (Å²) in [5.74, 6) is 0.315. The predicted molar refractivity (Wildman–Crippen MR) is 91.0 cm³/mol. The van der Waals surface area contributed by atoms with Crippen molar-refractivity contribution in [1.82, 2.24) is 15.3 Å². The van der Waals surface area contributed by atoms with Gasteiger partial charge in [-0.05, 0) is 31.2 Å². The second-order valence-electron chi connectivity index (χ2n) is 5.77. The average molecular weight is 332 g/mol. The highest BCUT2D eigenvalue weighted by Crippen LogP contribution is 2.22. The van der Waals surface area contributed by atoms with Gasteiger partial charge in [-0.3, -0.25) is 9.59 Å². The van der Waals surface area contributed by atoms with Gasteiger partial charge in [0.2, 0.25) is 5.91 Å². The molecular formula is C16H20N4O2S. The lowest BCUT2D eigenvalue weighted by molar-refractivity contribution is -0.122. The third-order valence-electron chi connectivity index (χ3n) is 4.12. The minimum Gasteiger partial charge on any atom is -0.351 e. The van der Waals surface area contributed by atoms with E-state index in [4.69, 9.17) is 0 Å². The Balaban J connectivity index is 1.64. The van der Waals surface area contributed by atoms with Gasteiger partial charge in [-0.1, -0.05) is 6.07 Å². The van der Waals surface area contributed by atoms with E-state index >= 15 is 0 Å². The molecule has 1 amide bonds. The Hall–Kier alpha value is -2.15. The maximum absolute atomic E-state index is 12.4. The molecule has 0 bridgehead atoms. The van der Waals surface area contributed by atoms with Crippen molar-refractivity contribution >= 4 is 23.1 Å². The van der Waals surface area contributed by atoms with Crippen molar-refractivity contribution in [2.24, 2.45) is 0 Å². The number of anilines is 1. The summed E-state index contributed by atoms with van der Waals surface area (Å²) in [4.78, 5) is 34.1. The SMILES string of the molecule is C[C@H](C(=O)N[C@@H]1CCCN(c2ncc[nH]c2=O)C1)c1cccs1. The van der Waals surface area contributed by atoms with Crippen molar-refractivity contribution in [3.05, 3.63) is 45.1 Å². The van der Waals surface area contributed by atoms with Gasteiger partial charge in [-0.15, -0.1) is 11.3 Å². The lowest BCUT2D eigenvalue weighted by Gasteiger charge is -2.33. The van der Waals surface area contributed by atoms with Crippen LogP contribution in [0.2, 0.25) is 0 Å². The lowest BCUT2D eigenvalue weighted by atomic mass is 10.0. The van der Waals surface area contributed by atoms with Crippen molar-refractivity contribution in [3.63, 3.8) is 0 Å². The molecule has 122 valence electrons. The molecule has 0 unspecified atom stereocenters. The number of aromatic amines is 1. The number of carbonyl (C=O) groups excluding carboxylic acids is 1. The molecule has 1 aliphatic rings. The van der Waals surface area contributed by atoms with Crippen LogP contribution in [-0.2, 0) is 4.79 Å². The van der Waals surface area contributed by atoms with Crippen LogP contribution in [0.4, 0.5) is 5.82 Å².